The number of nitrogens with one attached hydrogen (secondary N) is 1. The summed E-state index contributed by atoms with van der Waals surface area (Å²) in [6, 6.07) is 8.75. The number of benzene rings is 1. The third-order valence-electron chi connectivity index (χ3n) is 2.63. The van der Waals surface area contributed by atoms with Crippen molar-refractivity contribution >= 4 is 17.7 Å². The van der Waals surface area contributed by atoms with Crippen molar-refractivity contribution in [2.45, 2.75) is 42.9 Å². The van der Waals surface area contributed by atoms with Crippen molar-refractivity contribution in [2.24, 2.45) is 0 Å². The first-order chi connectivity index (χ1) is 7.65. The van der Waals surface area contributed by atoms with Crippen LogP contribution in [0.1, 0.15) is 25.3 Å². The molecule has 0 heterocycles. The molecule has 1 atom stereocenters. The van der Waals surface area contributed by atoms with Gasteiger partial charge in [0.25, 0.3) is 0 Å². The molecule has 1 aliphatic rings. The zero-order valence-corrected chi connectivity index (χ0v) is 10.5. The average Bonchev–Trinajstić information content (AvgIpc) is 3.05. The molecule has 0 aliphatic heterocycles. The van der Waals surface area contributed by atoms with Crippen LogP contribution in [0, 0.1) is 6.92 Å². The first kappa shape index (κ1) is 11.5. The second kappa shape index (κ2) is 4.91. The zero-order chi connectivity index (χ0) is 11.5. The summed E-state index contributed by atoms with van der Waals surface area (Å²) in [5.41, 5.74) is 1.25. The van der Waals surface area contributed by atoms with Crippen LogP contribution >= 0.6 is 11.8 Å². The summed E-state index contributed by atoms with van der Waals surface area (Å²) in [4.78, 5) is 12.9. The minimum Gasteiger partial charge on any atom is -0.352 e. The molecule has 1 amide bonds. The van der Waals surface area contributed by atoms with Crippen molar-refractivity contribution in [3.8, 4) is 0 Å². The third-order valence-corrected chi connectivity index (χ3v) is 3.74. The Labute approximate surface area is 101 Å². The van der Waals surface area contributed by atoms with E-state index in [0.717, 1.165) is 17.7 Å². The fraction of sp³-hybridized carbons (Fsp3) is 0.462. The van der Waals surface area contributed by atoms with E-state index in [-0.39, 0.29) is 11.2 Å². The molecule has 0 aromatic heterocycles. The highest BCUT2D eigenvalue weighted by Gasteiger charge is 2.25. The Morgan fingerprint density at radius 2 is 2.00 bits per heavy atom. The molecule has 2 rings (SSSR count). The minimum absolute atomic E-state index is 0.0108. The van der Waals surface area contributed by atoms with Crippen molar-refractivity contribution in [1.29, 1.82) is 0 Å². The Morgan fingerprint density at radius 1 is 1.38 bits per heavy atom. The molecule has 0 spiro atoms. The summed E-state index contributed by atoms with van der Waals surface area (Å²) in [6.07, 6.45) is 2.29. The van der Waals surface area contributed by atoms with Crippen molar-refractivity contribution in [1.82, 2.24) is 5.32 Å². The van der Waals surface area contributed by atoms with Gasteiger partial charge in [-0.05, 0) is 38.8 Å². The molecule has 0 radical (unpaired) electrons. The third kappa shape index (κ3) is 3.27. The molecular formula is C13H17NOS. The number of aryl methyl sites for hydroxylation is 1. The zero-order valence-electron chi connectivity index (χ0n) is 9.69. The average molecular weight is 235 g/mol. The highest BCUT2D eigenvalue weighted by molar-refractivity contribution is 8.00. The van der Waals surface area contributed by atoms with Crippen molar-refractivity contribution in [2.75, 3.05) is 0 Å². The van der Waals surface area contributed by atoms with E-state index < -0.39 is 0 Å². The van der Waals surface area contributed by atoms with E-state index >= 15 is 0 Å². The van der Waals surface area contributed by atoms with Crippen LogP contribution in [-0.2, 0) is 4.79 Å². The highest BCUT2D eigenvalue weighted by atomic mass is 32.2. The Balaban J connectivity index is 1.87. The highest BCUT2D eigenvalue weighted by Crippen LogP contribution is 2.25. The van der Waals surface area contributed by atoms with Crippen LogP contribution in [0.15, 0.2) is 29.2 Å². The lowest BCUT2D eigenvalue weighted by atomic mass is 10.2. The van der Waals surface area contributed by atoms with Gasteiger partial charge in [0.1, 0.15) is 0 Å². The molecule has 1 aliphatic carbocycles. The Bertz CT molecular complexity index is 370. The van der Waals surface area contributed by atoms with Gasteiger partial charge in [-0.3, -0.25) is 4.79 Å². The molecule has 1 aromatic carbocycles. The second-order valence-electron chi connectivity index (χ2n) is 4.36. The summed E-state index contributed by atoms with van der Waals surface area (Å²) in [5.74, 6) is 0.160. The monoisotopic (exact) mass is 235 g/mol. The van der Waals surface area contributed by atoms with Crippen LogP contribution in [0.2, 0.25) is 0 Å². The predicted molar refractivity (Wildman–Crippen MR) is 67.7 cm³/mol. The van der Waals surface area contributed by atoms with Crippen LogP contribution in [-0.4, -0.2) is 17.2 Å². The SMILES string of the molecule is Cc1ccc(S[C@@H](C)C(=O)NC2CC2)cc1. The fourth-order valence-electron chi connectivity index (χ4n) is 1.42. The molecule has 86 valence electrons. The van der Waals surface area contributed by atoms with Gasteiger partial charge in [-0.1, -0.05) is 17.7 Å². The predicted octanol–water partition coefficient (Wildman–Crippen LogP) is 2.75. The molecule has 1 saturated carbocycles. The molecule has 0 unspecified atom stereocenters. The molecule has 1 fully saturated rings. The Morgan fingerprint density at radius 3 is 2.56 bits per heavy atom. The van der Waals surface area contributed by atoms with Gasteiger partial charge < -0.3 is 5.32 Å². The molecule has 0 bridgehead atoms. The second-order valence-corrected chi connectivity index (χ2v) is 5.77. The number of amides is 1. The van der Waals surface area contributed by atoms with Gasteiger partial charge in [-0.15, -0.1) is 11.8 Å². The molecule has 1 aromatic rings. The van der Waals surface area contributed by atoms with E-state index in [9.17, 15) is 4.79 Å². The van der Waals surface area contributed by atoms with Crippen molar-refractivity contribution < 1.29 is 4.79 Å². The topological polar surface area (TPSA) is 29.1 Å². The lowest BCUT2D eigenvalue weighted by Gasteiger charge is -2.11. The Kier molecular flexibility index (Phi) is 3.54. The maximum atomic E-state index is 11.7. The van der Waals surface area contributed by atoms with Crippen LogP contribution in [0.25, 0.3) is 0 Å². The first-order valence-electron chi connectivity index (χ1n) is 5.69. The molecule has 0 saturated heterocycles. The van der Waals surface area contributed by atoms with E-state index in [1.165, 1.54) is 5.56 Å². The normalized spacial score (nSPS) is 16.9. The summed E-state index contributed by atoms with van der Waals surface area (Å²) in [5, 5.41) is 3.01. The molecule has 3 heteroatoms. The fourth-order valence-corrected chi connectivity index (χ4v) is 2.30. The largest absolute Gasteiger partial charge is 0.352 e. The number of carbonyl (C=O) groups is 1. The van der Waals surface area contributed by atoms with E-state index in [2.05, 4.69) is 36.5 Å². The van der Waals surface area contributed by atoms with Gasteiger partial charge in [0, 0.05) is 10.9 Å². The van der Waals surface area contributed by atoms with Crippen molar-refractivity contribution in [3.63, 3.8) is 0 Å². The van der Waals surface area contributed by atoms with Gasteiger partial charge >= 0.3 is 0 Å². The molecule has 1 N–H and O–H groups in total. The smallest absolute Gasteiger partial charge is 0.233 e. The van der Waals surface area contributed by atoms with E-state index in [1.807, 2.05) is 6.92 Å². The quantitative estimate of drug-likeness (QED) is 0.813. The maximum absolute atomic E-state index is 11.7. The van der Waals surface area contributed by atoms with Crippen LogP contribution in [0.3, 0.4) is 0 Å². The lowest BCUT2D eigenvalue weighted by Crippen LogP contribution is -2.32. The van der Waals surface area contributed by atoms with E-state index in [0.29, 0.717) is 6.04 Å². The van der Waals surface area contributed by atoms with Crippen LogP contribution in [0.4, 0.5) is 0 Å². The van der Waals surface area contributed by atoms with Gasteiger partial charge in [0.15, 0.2) is 0 Å². The molecule has 16 heavy (non-hydrogen) atoms. The van der Waals surface area contributed by atoms with Gasteiger partial charge in [-0.25, -0.2) is 0 Å². The van der Waals surface area contributed by atoms with E-state index in [1.54, 1.807) is 11.8 Å². The number of carbonyl (C=O) groups excluding carboxylic acids is 1. The lowest BCUT2D eigenvalue weighted by molar-refractivity contribution is -0.120. The van der Waals surface area contributed by atoms with Gasteiger partial charge in [0.2, 0.25) is 5.91 Å². The summed E-state index contributed by atoms with van der Waals surface area (Å²) < 4.78 is 0. The Hall–Kier alpha value is -0.960. The van der Waals surface area contributed by atoms with Crippen LogP contribution < -0.4 is 5.32 Å². The first-order valence-corrected chi connectivity index (χ1v) is 6.57. The standard InChI is InChI=1S/C13H17NOS/c1-9-3-7-12(8-4-9)16-10(2)13(15)14-11-5-6-11/h3-4,7-8,10-11H,5-6H2,1-2H3,(H,14,15)/t10-/m0/s1. The number of hydrogen-bond donors (Lipinski definition) is 1. The molecular weight excluding hydrogens is 218 g/mol. The number of rotatable bonds is 4. The molecule has 2 nitrogen and oxygen atoms in total. The van der Waals surface area contributed by atoms with Crippen molar-refractivity contribution in [3.05, 3.63) is 29.8 Å². The minimum atomic E-state index is -0.0108. The maximum Gasteiger partial charge on any atom is 0.233 e. The van der Waals surface area contributed by atoms with Gasteiger partial charge in [0.05, 0.1) is 5.25 Å². The summed E-state index contributed by atoms with van der Waals surface area (Å²) in [6.45, 7) is 4.03. The summed E-state index contributed by atoms with van der Waals surface area (Å²) >= 11 is 1.62. The summed E-state index contributed by atoms with van der Waals surface area (Å²) in [7, 11) is 0. The van der Waals surface area contributed by atoms with Gasteiger partial charge in [-0.2, -0.15) is 0 Å². The number of thioether (sulfide) groups is 1. The van der Waals surface area contributed by atoms with Crippen LogP contribution in [0.5, 0.6) is 0 Å². The van der Waals surface area contributed by atoms with E-state index in [4.69, 9.17) is 0 Å². The number of hydrogen-bond acceptors (Lipinski definition) is 2.